The number of nitrogens with zero attached hydrogens (tertiary/aromatic N) is 1. The predicted octanol–water partition coefficient (Wildman–Crippen LogP) is 2.43. The van der Waals surface area contributed by atoms with Crippen LogP contribution in [-0.2, 0) is 17.6 Å². The second kappa shape index (κ2) is 6.99. The average molecular weight is 293 g/mol. The topological polar surface area (TPSA) is 60.2 Å². The molecule has 110 valence electrons. The molecule has 3 N–H and O–H groups in total. The summed E-state index contributed by atoms with van der Waals surface area (Å²) in [4.78, 5) is 5.15. The molecule has 0 saturated heterocycles. The highest BCUT2D eigenvalue weighted by atomic mass is 32.1. The Morgan fingerprint density at radius 3 is 3.00 bits per heavy atom. The van der Waals surface area contributed by atoms with E-state index in [1.165, 1.54) is 17.7 Å². The van der Waals surface area contributed by atoms with Gasteiger partial charge in [-0.1, -0.05) is 25.6 Å². The number of anilines is 1. The fraction of sp³-hybridized carbons (Fsp3) is 0.600. The van der Waals surface area contributed by atoms with Crippen LogP contribution in [0.25, 0.3) is 0 Å². The van der Waals surface area contributed by atoms with E-state index in [4.69, 9.17) is 27.7 Å². The van der Waals surface area contributed by atoms with Crippen molar-refractivity contribution in [1.82, 2.24) is 4.98 Å². The zero-order chi connectivity index (χ0) is 14.5. The number of fused-ring (bicyclic) bond motifs is 1. The molecule has 4 nitrogen and oxygen atoms in total. The highest BCUT2D eigenvalue weighted by Gasteiger charge is 2.19. The fourth-order valence-electron chi connectivity index (χ4n) is 2.71. The van der Waals surface area contributed by atoms with Crippen LogP contribution in [0, 0.1) is 0 Å². The molecule has 1 aromatic heterocycles. The number of methoxy groups -OCH3 is 1. The zero-order valence-electron chi connectivity index (χ0n) is 12.2. The molecule has 0 aromatic carbocycles. The van der Waals surface area contributed by atoms with Crippen molar-refractivity contribution in [3.8, 4) is 0 Å². The minimum atomic E-state index is 0.241. The Balaban J connectivity index is 2.26. The molecule has 1 aliphatic carbocycles. The van der Waals surface area contributed by atoms with E-state index in [1.54, 1.807) is 7.11 Å². The zero-order valence-corrected chi connectivity index (χ0v) is 13.1. The van der Waals surface area contributed by atoms with Crippen LogP contribution < -0.4 is 11.1 Å². The number of nitrogens with one attached hydrogen (secondary N) is 1. The number of ether oxygens (including phenoxy) is 1. The van der Waals surface area contributed by atoms with E-state index in [-0.39, 0.29) is 6.04 Å². The summed E-state index contributed by atoms with van der Waals surface area (Å²) in [5.74, 6) is 0.814. The number of hydrogen-bond donors (Lipinski definition) is 2. The summed E-state index contributed by atoms with van der Waals surface area (Å²) in [5, 5.41) is 3.46. The van der Waals surface area contributed by atoms with Crippen LogP contribution in [0.15, 0.2) is 6.07 Å². The van der Waals surface area contributed by atoms with Crippen LogP contribution in [-0.4, -0.2) is 29.7 Å². The SMILES string of the molecule is CCCC(COC)Nc1nc2c(cc1C(N)=S)CCC2. The van der Waals surface area contributed by atoms with E-state index in [0.717, 1.165) is 37.1 Å². The predicted molar refractivity (Wildman–Crippen MR) is 86.3 cm³/mol. The molecule has 1 atom stereocenters. The highest BCUT2D eigenvalue weighted by Crippen LogP contribution is 2.26. The van der Waals surface area contributed by atoms with Crippen LogP contribution in [0.3, 0.4) is 0 Å². The maximum atomic E-state index is 5.85. The van der Waals surface area contributed by atoms with Crippen LogP contribution in [0.1, 0.15) is 43.0 Å². The summed E-state index contributed by atoms with van der Waals surface area (Å²) in [7, 11) is 1.72. The number of pyridine rings is 1. The monoisotopic (exact) mass is 293 g/mol. The summed E-state index contributed by atoms with van der Waals surface area (Å²) in [5.41, 5.74) is 9.18. The molecule has 2 rings (SSSR count). The first-order valence-corrected chi connectivity index (χ1v) is 7.64. The third-order valence-corrected chi connectivity index (χ3v) is 3.88. The second-order valence-electron chi connectivity index (χ2n) is 5.29. The second-order valence-corrected chi connectivity index (χ2v) is 5.73. The normalized spacial score (nSPS) is 14.9. The molecule has 20 heavy (non-hydrogen) atoms. The Morgan fingerprint density at radius 2 is 2.35 bits per heavy atom. The lowest BCUT2D eigenvalue weighted by atomic mass is 10.1. The number of hydrogen-bond acceptors (Lipinski definition) is 4. The third kappa shape index (κ3) is 3.46. The van der Waals surface area contributed by atoms with Crippen molar-refractivity contribution in [2.24, 2.45) is 5.73 Å². The first kappa shape index (κ1) is 15.2. The van der Waals surface area contributed by atoms with Gasteiger partial charge in [-0.2, -0.15) is 0 Å². The molecule has 0 fully saturated rings. The summed E-state index contributed by atoms with van der Waals surface area (Å²) in [6.45, 7) is 2.82. The lowest BCUT2D eigenvalue weighted by molar-refractivity contribution is 0.182. The Hall–Kier alpha value is -1.20. The third-order valence-electron chi connectivity index (χ3n) is 3.66. The van der Waals surface area contributed by atoms with Gasteiger partial charge in [0.2, 0.25) is 0 Å². The maximum Gasteiger partial charge on any atom is 0.136 e. The van der Waals surface area contributed by atoms with Crippen molar-refractivity contribution in [1.29, 1.82) is 0 Å². The molecule has 0 radical (unpaired) electrons. The number of rotatable bonds is 7. The van der Waals surface area contributed by atoms with E-state index in [1.807, 2.05) is 0 Å². The van der Waals surface area contributed by atoms with Crippen molar-refractivity contribution >= 4 is 23.0 Å². The minimum absolute atomic E-state index is 0.241. The quantitative estimate of drug-likeness (QED) is 0.756. The molecule has 1 unspecified atom stereocenters. The Morgan fingerprint density at radius 1 is 1.55 bits per heavy atom. The molecular formula is C15H23N3OS. The van der Waals surface area contributed by atoms with E-state index in [2.05, 4.69) is 18.3 Å². The molecule has 0 bridgehead atoms. The van der Waals surface area contributed by atoms with E-state index >= 15 is 0 Å². The summed E-state index contributed by atoms with van der Waals surface area (Å²) >= 11 is 5.17. The van der Waals surface area contributed by atoms with E-state index in [9.17, 15) is 0 Å². The molecule has 0 spiro atoms. The average Bonchev–Trinajstić information content (AvgIpc) is 2.85. The Kier molecular flexibility index (Phi) is 5.31. The molecule has 1 aliphatic rings. The highest BCUT2D eigenvalue weighted by molar-refractivity contribution is 7.80. The molecule has 0 amide bonds. The lowest BCUT2D eigenvalue weighted by Gasteiger charge is -2.20. The minimum Gasteiger partial charge on any atom is -0.389 e. The van der Waals surface area contributed by atoms with Gasteiger partial charge in [-0.3, -0.25) is 0 Å². The van der Waals surface area contributed by atoms with Crippen molar-refractivity contribution in [2.45, 2.75) is 45.1 Å². The van der Waals surface area contributed by atoms with Crippen molar-refractivity contribution in [3.05, 3.63) is 22.9 Å². The lowest BCUT2D eigenvalue weighted by Crippen LogP contribution is -2.27. The standard InChI is InChI=1S/C15H23N3OS/c1-3-5-11(9-19-2)17-15-12(14(16)20)8-10-6-4-7-13(10)18-15/h8,11H,3-7,9H2,1-2H3,(H2,16,20)(H,17,18). The van der Waals surface area contributed by atoms with Gasteiger partial charge in [0.15, 0.2) is 0 Å². The van der Waals surface area contributed by atoms with Crippen molar-refractivity contribution in [2.75, 3.05) is 19.0 Å². The van der Waals surface area contributed by atoms with Gasteiger partial charge in [0.05, 0.1) is 18.2 Å². The van der Waals surface area contributed by atoms with Gasteiger partial charge < -0.3 is 15.8 Å². The van der Waals surface area contributed by atoms with E-state index < -0.39 is 0 Å². The first-order valence-electron chi connectivity index (χ1n) is 7.23. The van der Waals surface area contributed by atoms with Gasteiger partial charge in [0.25, 0.3) is 0 Å². The summed E-state index contributed by atoms with van der Waals surface area (Å²) in [6.07, 6.45) is 5.41. The molecule has 1 heterocycles. The molecule has 0 aliphatic heterocycles. The largest absolute Gasteiger partial charge is 0.389 e. The van der Waals surface area contributed by atoms with Crippen LogP contribution in [0.5, 0.6) is 0 Å². The van der Waals surface area contributed by atoms with Gasteiger partial charge in [-0.05, 0) is 37.3 Å². The number of thiocarbonyl (C=S) groups is 1. The molecule has 5 heteroatoms. The van der Waals surface area contributed by atoms with Crippen LogP contribution >= 0.6 is 12.2 Å². The Labute approximate surface area is 126 Å². The summed E-state index contributed by atoms with van der Waals surface area (Å²) in [6, 6.07) is 2.35. The Bertz CT molecular complexity index is 484. The van der Waals surface area contributed by atoms with E-state index in [0.29, 0.717) is 11.6 Å². The van der Waals surface area contributed by atoms with Gasteiger partial charge in [0, 0.05) is 12.8 Å². The maximum absolute atomic E-state index is 5.85. The summed E-state index contributed by atoms with van der Waals surface area (Å²) < 4.78 is 5.27. The van der Waals surface area contributed by atoms with Crippen LogP contribution in [0.2, 0.25) is 0 Å². The first-order chi connectivity index (χ1) is 9.65. The molecular weight excluding hydrogens is 270 g/mol. The van der Waals surface area contributed by atoms with Crippen LogP contribution in [0.4, 0.5) is 5.82 Å². The van der Waals surface area contributed by atoms with Crippen molar-refractivity contribution in [3.63, 3.8) is 0 Å². The van der Waals surface area contributed by atoms with Crippen molar-refractivity contribution < 1.29 is 4.74 Å². The molecule has 0 saturated carbocycles. The van der Waals surface area contributed by atoms with Gasteiger partial charge in [-0.25, -0.2) is 4.98 Å². The molecule has 1 aromatic rings. The van der Waals surface area contributed by atoms with Gasteiger partial charge in [-0.15, -0.1) is 0 Å². The number of aromatic nitrogens is 1. The van der Waals surface area contributed by atoms with Gasteiger partial charge in [0.1, 0.15) is 10.8 Å². The smallest absolute Gasteiger partial charge is 0.136 e. The number of nitrogens with two attached hydrogens (primary N) is 1. The van der Waals surface area contributed by atoms with Gasteiger partial charge >= 0.3 is 0 Å². The number of aryl methyl sites for hydroxylation is 2. The fourth-order valence-corrected chi connectivity index (χ4v) is 2.87.